The summed E-state index contributed by atoms with van der Waals surface area (Å²) in [6.45, 7) is 12.4. The van der Waals surface area contributed by atoms with Crippen molar-refractivity contribution in [3.05, 3.63) is 57.2 Å². The van der Waals surface area contributed by atoms with E-state index in [0.29, 0.717) is 16.9 Å². The molecular formula is C23H32BrIN2. The number of aryl methyl sites for hydroxylation is 1. The van der Waals surface area contributed by atoms with Crippen LogP contribution in [-0.4, -0.2) is 28.4 Å². The molecule has 2 aromatic carbocycles. The van der Waals surface area contributed by atoms with E-state index >= 15 is 0 Å². The van der Waals surface area contributed by atoms with E-state index in [2.05, 4.69) is 126 Å². The van der Waals surface area contributed by atoms with Gasteiger partial charge in [-0.05, 0) is 118 Å². The van der Waals surface area contributed by atoms with Crippen LogP contribution in [0.5, 0.6) is 0 Å². The van der Waals surface area contributed by atoms with Crippen molar-refractivity contribution in [2.75, 3.05) is 11.9 Å². The summed E-state index contributed by atoms with van der Waals surface area (Å²) in [5.74, 6) is 0. The molecule has 2 rings (SSSR count). The lowest BCUT2D eigenvalue weighted by molar-refractivity contribution is 0.173. The smallest absolute Gasteiger partial charge is 0.0414 e. The van der Waals surface area contributed by atoms with Crippen molar-refractivity contribution in [1.29, 1.82) is 0 Å². The number of benzene rings is 2. The Balaban J connectivity index is 1.89. The average Bonchev–Trinajstić information content (AvgIpc) is 2.58. The lowest BCUT2D eigenvalue weighted by Crippen LogP contribution is -2.38. The summed E-state index contributed by atoms with van der Waals surface area (Å²) in [4.78, 5) is 3.07. The molecule has 0 spiro atoms. The summed E-state index contributed by atoms with van der Waals surface area (Å²) in [7, 11) is 0. The third-order valence-corrected chi connectivity index (χ3v) is 6.36. The van der Waals surface area contributed by atoms with Crippen LogP contribution in [0.3, 0.4) is 0 Å². The van der Waals surface area contributed by atoms with E-state index < -0.39 is 0 Å². The molecule has 2 nitrogen and oxygen atoms in total. The van der Waals surface area contributed by atoms with Crippen molar-refractivity contribution in [1.82, 2.24) is 4.90 Å². The van der Waals surface area contributed by atoms with Crippen molar-refractivity contribution < 1.29 is 0 Å². The van der Waals surface area contributed by atoms with Crippen molar-refractivity contribution in [2.24, 2.45) is 0 Å². The molecule has 1 N–H and O–H groups in total. The summed E-state index contributed by atoms with van der Waals surface area (Å²) in [5, 5.41) is 3.52. The molecule has 2 aromatic rings. The van der Waals surface area contributed by atoms with Gasteiger partial charge >= 0.3 is 0 Å². The molecule has 0 heterocycles. The Morgan fingerprint density at radius 2 is 1.63 bits per heavy atom. The third-order valence-electron chi connectivity index (χ3n) is 4.91. The molecule has 0 radical (unpaired) electrons. The topological polar surface area (TPSA) is 15.3 Å². The third kappa shape index (κ3) is 7.39. The second-order valence-corrected chi connectivity index (χ2v) is 10.3. The molecule has 27 heavy (non-hydrogen) atoms. The fraction of sp³-hybridized carbons (Fsp3) is 0.478. The Kier molecular flexibility index (Phi) is 9.09. The van der Waals surface area contributed by atoms with Gasteiger partial charge in [-0.1, -0.05) is 28.1 Å². The first-order valence-electron chi connectivity index (χ1n) is 9.78. The van der Waals surface area contributed by atoms with Crippen LogP contribution in [-0.2, 0) is 6.42 Å². The number of nitrogens with zero attached hydrogens (tertiary/aromatic N) is 1. The Morgan fingerprint density at radius 1 is 1.00 bits per heavy atom. The highest BCUT2D eigenvalue weighted by Gasteiger charge is 2.15. The number of halogens is 2. The highest BCUT2D eigenvalue weighted by Crippen LogP contribution is 2.23. The Hall–Kier alpha value is -0.590. The van der Waals surface area contributed by atoms with Gasteiger partial charge in [-0.2, -0.15) is 0 Å². The second kappa shape index (κ2) is 10.8. The molecule has 0 aliphatic heterocycles. The second-order valence-electron chi connectivity index (χ2n) is 7.80. The van der Waals surface area contributed by atoms with Gasteiger partial charge in [0.1, 0.15) is 0 Å². The summed E-state index contributed by atoms with van der Waals surface area (Å²) < 4.78 is 1.27. The monoisotopic (exact) mass is 542 g/mol. The first-order chi connectivity index (χ1) is 12.8. The minimum Gasteiger partial charge on any atom is -0.355 e. The Morgan fingerprint density at radius 3 is 2.19 bits per heavy atom. The van der Waals surface area contributed by atoms with Gasteiger partial charge in [-0.3, -0.25) is 4.90 Å². The van der Waals surface area contributed by atoms with E-state index in [1.807, 2.05) is 0 Å². The molecule has 1 atom stereocenters. The van der Waals surface area contributed by atoms with E-state index in [4.69, 9.17) is 0 Å². The zero-order valence-electron chi connectivity index (χ0n) is 17.1. The number of rotatable bonds is 9. The van der Waals surface area contributed by atoms with Crippen LogP contribution in [0.25, 0.3) is 0 Å². The fourth-order valence-corrected chi connectivity index (χ4v) is 4.63. The number of nitrogens with one attached hydrogen (secondary N) is 1. The lowest BCUT2D eigenvalue weighted by Gasteiger charge is -2.31. The number of alkyl halides is 1. The quantitative estimate of drug-likeness (QED) is 0.267. The average molecular weight is 543 g/mol. The highest BCUT2D eigenvalue weighted by atomic mass is 127. The van der Waals surface area contributed by atoms with Crippen LogP contribution in [0, 0.1) is 10.5 Å². The largest absolute Gasteiger partial charge is 0.355 e. The van der Waals surface area contributed by atoms with Gasteiger partial charge in [0.25, 0.3) is 0 Å². The van der Waals surface area contributed by atoms with Crippen LogP contribution < -0.4 is 5.32 Å². The summed E-state index contributed by atoms with van der Waals surface area (Å²) >= 11 is 6.24. The molecule has 0 aliphatic carbocycles. The van der Waals surface area contributed by atoms with Gasteiger partial charge in [0, 0.05) is 31.9 Å². The number of hydrogen-bond donors (Lipinski definition) is 1. The van der Waals surface area contributed by atoms with Crippen LogP contribution in [0.15, 0.2) is 42.5 Å². The molecule has 0 fully saturated rings. The molecule has 0 saturated carbocycles. The molecule has 0 saturated heterocycles. The fourth-order valence-electron chi connectivity index (χ4n) is 3.41. The summed E-state index contributed by atoms with van der Waals surface area (Å²) in [6, 6.07) is 16.5. The molecular weight excluding hydrogens is 511 g/mol. The summed E-state index contributed by atoms with van der Waals surface area (Å²) in [5.41, 5.74) is 4.96. The number of hydrogen-bond acceptors (Lipinski definition) is 2. The Labute approximate surface area is 187 Å². The first-order valence-corrected chi connectivity index (χ1v) is 11.8. The molecule has 4 heteroatoms. The van der Waals surface area contributed by atoms with Crippen LogP contribution >= 0.6 is 38.5 Å². The van der Waals surface area contributed by atoms with E-state index in [9.17, 15) is 0 Å². The highest BCUT2D eigenvalue weighted by molar-refractivity contribution is 14.1. The maximum absolute atomic E-state index is 3.89. The lowest BCUT2D eigenvalue weighted by atomic mass is 10.1. The molecule has 0 bridgehead atoms. The minimum atomic E-state index is 0.509. The minimum absolute atomic E-state index is 0.509. The van der Waals surface area contributed by atoms with Gasteiger partial charge in [-0.25, -0.2) is 0 Å². The van der Waals surface area contributed by atoms with Crippen LogP contribution in [0.2, 0.25) is 0 Å². The Bertz CT molecular complexity index is 705. The predicted octanol–water partition coefficient (Wildman–Crippen LogP) is 7.16. The maximum Gasteiger partial charge on any atom is 0.0414 e. The first kappa shape index (κ1) is 22.7. The van der Waals surface area contributed by atoms with Crippen molar-refractivity contribution in [3.8, 4) is 0 Å². The molecule has 0 aromatic heterocycles. The van der Waals surface area contributed by atoms with Gasteiger partial charge in [0.2, 0.25) is 0 Å². The molecule has 0 aliphatic rings. The normalized spacial score (nSPS) is 12.8. The van der Waals surface area contributed by atoms with Crippen LogP contribution in [0.1, 0.15) is 45.2 Å². The maximum atomic E-state index is 3.89. The van der Waals surface area contributed by atoms with Gasteiger partial charge < -0.3 is 5.32 Å². The molecule has 1 unspecified atom stereocenters. The van der Waals surface area contributed by atoms with E-state index in [-0.39, 0.29) is 0 Å². The molecule has 148 valence electrons. The van der Waals surface area contributed by atoms with E-state index in [0.717, 1.165) is 25.1 Å². The van der Waals surface area contributed by atoms with Gasteiger partial charge in [0.15, 0.2) is 0 Å². The van der Waals surface area contributed by atoms with E-state index in [1.165, 1.54) is 20.4 Å². The zero-order valence-corrected chi connectivity index (χ0v) is 20.8. The number of anilines is 2. The standard InChI is InChI=1S/C23H32BrIN2/c1-16(2)27(17(3)4)13-12-20(24)15-19-6-9-22(10-7-19)26-23-11-8-21(25)14-18(23)5/h6-11,14,16-17,20,26H,12-13,15H2,1-5H3. The van der Waals surface area contributed by atoms with Crippen molar-refractivity contribution >= 4 is 49.9 Å². The van der Waals surface area contributed by atoms with Gasteiger partial charge in [-0.15, -0.1) is 0 Å². The van der Waals surface area contributed by atoms with Crippen LogP contribution in [0.4, 0.5) is 11.4 Å². The molecule has 0 amide bonds. The van der Waals surface area contributed by atoms with E-state index in [1.54, 1.807) is 0 Å². The van der Waals surface area contributed by atoms with Gasteiger partial charge in [0.05, 0.1) is 0 Å². The summed E-state index contributed by atoms with van der Waals surface area (Å²) in [6.07, 6.45) is 2.23. The van der Waals surface area contributed by atoms with Crippen molar-refractivity contribution in [3.63, 3.8) is 0 Å². The SMILES string of the molecule is Cc1cc(I)ccc1Nc1ccc(CC(Br)CCN(C(C)C)C(C)C)cc1. The predicted molar refractivity (Wildman–Crippen MR) is 132 cm³/mol. The van der Waals surface area contributed by atoms with Crippen molar-refractivity contribution in [2.45, 2.75) is 64.4 Å². The zero-order chi connectivity index (χ0) is 20.0.